The topological polar surface area (TPSA) is 41.1 Å². The number of amides is 1. The largest absolute Gasteiger partial charge is 0.353 e. The smallest absolute Gasteiger partial charge is 0.220 e. The second-order valence-electron chi connectivity index (χ2n) is 5.51. The Kier molecular flexibility index (Phi) is 3.66. The predicted octanol–water partition coefficient (Wildman–Crippen LogP) is 2.08. The van der Waals surface area contributed by atoms with Gasteiger partial charge in [-0.2, -0.15) is 11.3 Å². The third-order valence-electron chi connectivity index (χ3n) is 4.06. The number of carbonyl (C=O) groups excluding carboxylic acids is 1. The molecular formula is C14H20N2OS. The Morgan fingerprint density at radius 2 is 2.17 bits per heavy atom. The first-order chi connectivity index (χ1) is 8.79. The molecule has 2 saturated heterocycles. The maximum Gasteiger partial charge on any atom is 0.220 e. The third kappa shape index (κ3) is 2.93. The monoisotopic (exact) mass is 264 g/mol. The Hall–Kier alpha value is -0.870. The summed E-state index contributed by atoms with van der Waals surface area (Å²) in [5.41, 5.74) is 1.28. The van der Waals surface area contributed by atoms with E-state index in [-0.39, 0.29) is 5.91 Å². The predicted molar refractivity (Wildman–Crippen MR) is 73.8 cm³/mol. The first-order valence-corrected chi connectivity index (χ1v) is 7.80. The zero-order chi connectivity index (χ0) is 12.4. The number of nitrogens with one attached hydrogen (secondary N) is 2. The van der Waals surface area contributed by atoms with Crippen molar-refractivity contribution >= 4 is 17.2 Å². The van der Waals surface area contributed by atoms with Crippen molar-refractivity contribution < 1.29 is 4.79 Å². The van der Waals surface area contributed by atoms with E-state index in [4.69, 9.17) is 0 Å². The van der Waals surface area contributed by atoms with Crippen molar-refractivity contribution in [1.29, 1.82) is 0 Å². The molecule has 2 aliphatic heterocycles. The van der Waals surface area contributed by atoms with Gasteiger partial charge in [-0.1, -0.05) is 0 Å². The lowest BCUT2D eigenvalue weighted by molar-refractivity contribution is -0.122. The van der Waals surface area contributed by atoms with Gasteiger partial charge in [0, 0.05) is 24.5 Å². The van der Waals surface area contributed by atoms with Crippen LogP contribution in [0.5, 0.6) is 0 Å². The Balaban J connectivity index is 1.43. The molecule has 0 aliphatic carbocycles. The van der Waals surface area contributed by atoms with E-state index < -0.39 is 0 Å². The van der Waals surface area contributed by atoms with Gasteiger partial charge in [-0.05, 0) is 54.5 Å². The van der Waals surface area contributed by atoms with Crippen molar-refractivity contribution in [2.24, 2.45) is 0 Å². The van der Waals surface area contributed by atoms with Gasteiger partial charge in [0.25, 0.3) is 0 Å². The number of hydrogen-bond acceptors (Lipinski definition) is 3. The summed E-state index contributed by atoms with van der Waals surface area (Å²) in [7, 11) is 0. The lowest BCUT2D eigenvalue weighted by Crippen LogP contribution is -2.48. The zero-order valence-electron chi connectivity index (χ0n) is 10.5. The average molecular weight is 264 g/mol. The maximum absolute atomic E-state index is 11.9. The number of aryl methyl sites for hydroxylation is 1. The minimum absolute atomic E-state index is 0.215. The van der Waals surface area contributed by atoms with Crippen molar-refractivity contribution in [3.05, 3.63) is 22.4 Å². The lowest BCUT2D eigenvalue weighted by Gasteiger charge is -2.29. The number of piperidine rings is 1. The van der Waals surface area contributed by atoms with Gasteiger partial charge < -0.3 is 10.6 Å². The normalized spacial score (nSPS) is 30.3. The minimum atomic E-state index is 0.215. The summed E-state index contributed by atoms with van der Waals surface area (Å²) in [6, 6.07) is 3.79. The summed E-state index contributed by atoms with van der Waals surface area (Å²) in [6.07, 6.45) is 6.28. The molecule has 1 aromatic heterocycles. The van der Waals surface area contributed by atoms with E-state index in [9.17, 15) is 4.79 Å². The van der Waals surface area contributed by atoms with E-state index in [1.807, 2.05) is 0 Å². The van der Waals surface area contributed by atoms with Crippen LogP contribution in [-0.4, -0.2) is 24.0 Å². The van der Waals surface area contributed by atoms with Gasteiger partial charge in [-0.3, -0.25) is 4.79 Å². The maximum atomic E-state index is 11.9. The number of fused-ring (bicyclic) bond motifs is 2. The van der Waals surface area contributed by atoms with Gasteiger partial charge in [0.2, 0.25) is 5.91 Å². The lowest BCUT2D eigenvalue weighted by atomic mass is 9.99. The molecule has 2 unspecified atom stereocenters. The van der Waals surface area contributed by atoms with Crippen molar-refractivity contribution in [2.45, 2.75) is 56.7 Å². The molecule has 3 nitrogen and oxygen atoms in total. The summed E-state index contributed by atoms with van der Waals surface area (Å²) in [5, 5.41) is 11.0. The van der Waals surface area contributed by atoms with Crippen molar-refractivity contribution in [3.8, 4) is 0 Å². The Labute approximate surface area is 112 Å². The van der Waals surface area contributed by atoms with Crippen LogP contribution in [-0.2, 0) is 11.2 Å². The summed E-state index contributed by atoms with van der Waals surface area (Å²) < 4.78 is 0. The highest BCUT2D eigenvalue weighted by atomic mass is 32.1. The first-order valence-electron chi connectivity index (χ1n) is 6.86. The highest BCUT2D eigenvalue weighted by Crippen LogP contribution is 2.26. The highest BCUT2D eigenvalue weighted by molar-refractivity contribution is 7.07. The molecule has 1 aromatic rings. The van der Waals surface area contributed by atoms with E-state index >= 15 is 0 Å². The van der Waals surface area contributed by atoms with Gasteiger partial charge in [0.05, 0.1) is 0 Å². The third-order valence-corrected chi connectivity index (χ3v) is 4.79. The van der Waals surface area contributed by atoms with Gasteiger partial charge >= 0.3 is 0 Å². The van der Waals surface area contributed by atoms with Crippen LogP contribution in [0.25, 0.3) is 0 Å². The van der Waals surface area contributed by atoms with E-state index in [0.29, 0.717) is 24.5 Å². The van der Waals surface area contributed by atoms with Crippen molar-refractivity contribution in [1.82, 2.24) is 10.6 Å². The molecule has 98 valence electrons. The number of carbonyl (C=O) groups is 1. The molecule has 0 saturated carbocycles. The molecule has 0 spiro atoms. The molecule has 2 aliphatic rings. The molecular weight excluding hydrogens is 244 g/mol. The summed E-state index contributed by atoms with van der Waals surface area (Å²) in [4.78, 5) is 11.9. The molecule has 2 N–H and O–H groups in total. The average Bonchev–Trinajstić information content (AvgIpc) is 2.97. The quantitative estimate of drug-likeness (QED) is 0.874. The van der Waals surface area contributed by atoms with Crippen LogP contribution in [0.3, 0.4) is 0 Å². The van der Waals surface area contributed by atoms with E-state index in [0.717, 1.165) is 19.3 Å². The fourth-order valence-electron chi connectivity index (χ4n) is 3.17. The van der Waals surface area contributed by atoms with Crippen LogP contribution in [0.1, 0.15) is 37.7 Å². The molecule has 0 radical (unpaired) electrons. The molecule has 3 rings (SSSR count). The minimum Gasteiger partial charge on any atom is -0.353 e. The number of rotatable bonds is 4. The van der Waals surface area contributed by atoms with E-state index in [2.05, 4.69) is 27.5 Å². The van der Waals surface area contributed by atoms with Crippen LogP contribution < -0.4 is 10.6 Å². The fraction of sp³-hybridized carbons (Fsp3) is 0.643. The Morgan fingerprint density at radius 3 is 2.83 bits per heavy atom. The number of hydrogen-bond donors (Lipinski definition) is 2. The van der Waals surface area contributed by atoms with Crippen LogP contribution in [0.2, 0.25) is 0 Å². The van der Waals surface area contributed by atoms with Gasteiger partial charge in [0.1, 0.15) is 0 Å². The van der Waals surface area contributed by atoms with Gasteiger partial charge in [0.15, 0.2) is 0 Å². The van der Waals surface area contributed by atoms with Gasteiger partial charge in [-0.25, -0.2) is 0 Å². The van der Waals surface area contributed by atoms with Crippen LogP contribution in [0.4, 0.5) is 0 Å². The zero-order valence-corrected chi connectivity index (χ0v) is 11.3. The van der Waals surface area contributed by atoms with Gasteiger partial charge in [-0.15, -0.1) is 0 Å². The van der Waals surface area contributed by atoms with Crippen LogP contribution >= 0.6 is 11.3 Å². The Morgan fingerprint density at radius 1 is 1.39 bits per heavy atom. The molecule has 18 heavy (non-hydrogen) atoms. The first kappa shape index (κ1) is 12.2. The molecule has 0 aromatic carbocycles. The number of thiophene rings is 1. The standard InChI is InChI=1S/C14H20N2OS/c17-14(4-1-10-5-6-18-9-10)16-13-7-11-2-3-12(8-13)15-11/h5-6,9,11-13,15H,1-4,7-8H2,(H,16,17). The molecule has 2 bridgehead atoms. The highest BCUT2D eigenvalue weighted by Gasteiger charge is 2.33. The van der Waals surface area contributed by atoms with Crippen LogP contribution in [0, 0.1) is 0 Å². The Bertz CT molecular complexity index is 392. The molecule has 4 heteroatoms. The molecule has 2 fully saturated rings. The fourth-order valence-corrected chi connectivity index (χ4v) is 3.87. The van der Waals surface area contributed by atoms with E-state index in [1.54, 1.807) is 11.3 Å². The molecule has 2 atom stereocenters. The summed E-state index contributed by atoms with van der Waals surface area (Å²) in [5.74, 6) is 0.215. The second kappa shape index (κ2) is 5.41. The van der Waals surface area contributed by atoms with E-state index in [1.165, 1.54) is 18.4 Å². The SMILES string of the molecule is O=C(CCc1ccsc1)NC1CC2CCC(C1)N2. The second-order valence-corrected chi connectivity index (χ2v) is 6.29. The summed E-state index contributed by atoms with van der Waals surface area (Å²) in [6.45, 7) is 0. The van der Waals surface area contributed by atoms with Crippen LogP contribution in [0.15, 0.2) is 16.8 Å². The summed E-state index contributed by atoms with van der Waals surface area (Å²) >= 11 is 1.70. The molecule has 3 heterocycles. The van der Waals surface area contributed by atoms with Crippen molar-refractivity contribution in [3.63, 3.8) is 0 Å². The molecule has 1 amide bonds. The van der Waals surface area contributed by atoms with Crippen molar-refractivity contribution in [2.75, 3.05) is 0 Å².